The van der Waals surface area contributed by atoms with Gasteiger partial charge in [-0.2, -0.15) is 0 Å². The third-order valence-corrected chi connectivity index (χ3v) is 1.97. The molecule has 0 aliphatic heterocycles. The molecule has 0 N–H and O–H groups in total. The molecule has 96 valence electrons. The molecule has 0 saturated carbocycles. The first-order chi connectivity index (χ1) is 8.54. The summed E-state index contributed by atoms with van der Waals surface area (Å²) in [6.45, 7) is 1.24. The number of nitro benzene ring substituents is 1. The van der Waals surface area contributed by atoms with Crippen LogP contribution in [0, 0.1) is 10.1 Å². The van der Waals surface area contributed by atoms with Crippen molar-refractivity contribution in [2.24, 2.45) is 4.99 Å². The second-order valence-corrected chi connectivity index (χ2v) is 3.23. The number of benzene rings is 1. The first-order valence-corrected chi connectivity index (χ1v) is 5.03. The summed E-state index contributed by atoms with van der Waals surface area (Å²) in [5.74, 6) is -0.0636. The Balaban J connectivity index is 2.87. The molecule has 0 spiro atoms. The number of rotatable bonds is 5. The van der Waals surface area contributed by atoms with Gasteiger partial charge in [0.15, 0.2) is 0 Å². The number of esters is 1. The summed E-state index contributed by atoms with van der Waals surface area (Å²) in [6.07, 6.45) is 1.29. The summed E-state index contributed by atoms with van der Waals surface area (Å²) in [5, 5.41) is 10.8. The minimum absolute atomic E-state index is 0.0292. The van der Waals surface area contributed by atoms with Crippen LogP contribution in [-0.2, 0) is 9.53 Å². The predicted octanol–water partition coefficient (Wildman–Crippen LogP) is 1.87. The molecule has 0 amide bonds. The number of aliphatic imine (C=N–C) groups is 1. The van der Waals surface area contributed by atoms with E-state index in [0.717, 1.165) is 0 Å². The van der Waals surface area contributed by atoms with Gasteiger partial charge in [0.1, 0.15) is 18.0 Å². The zero-order valence-corrected chi connectivity index (χ0v) is 9.95. The summed E-state index contributed by atoms with van der Waals surface area (Å²) < 4.78 is 9.52. The molecular formula is C11H12N2O5. The van der Waals surface area contributed by atoms with E-state index in [2.05, 4.69) is 9.73 Å². The van der Waals surface area contributed by atoms with Crippen molar-refractivity contribution in [3.63, 3.8) is 0 Å². The van der Waals surface area contributed by atoms with E-state index in [4.69, 9.17) is 4.74 Å². The van der Waals surface area contributed by atoms with E-state index in [1.54, 1.807) is 6.07 Å². The van der Waals surface area contributed by atoms with E-state index < -0.39 is 10.9 Å². The highest BCUT2D eigenvalue weighted by molar-refractivity contribution is 5.73. The summed E-state index contributed by atoms with van der Waals surface area (Å²) in [6, 6.07) is 4.30. The molecule has 18 heavy (non-hydrogen) atoms. The van der Waals surface area contributed by atoms with Gasteiger partial charge in [0.25, 0.3) is 5.69 Å². The van der Waals surface area contributed by atoms with E-state index in [1.165, 1.54) is 32.4 Å². The van der Waals surface area contributed by atoms with Gasteiger partial charge in [0, 0.05) is 13.1 Å². The smallest absolute Gasteiger partial charge is 0.302 e. The second kappa shape index (κ2) is 6.33. The molecule has 0 bridgehead atoms. The maximum Gasteiger partial charge on any atom is 0.302 e. The van der Waals surface area contributed by atoms with E-state index in [-0.39, 0.29) is 18.0 Å². The van der Waals surface area contributed by atoms with E-state index >= 15 is 0 Å². The van der Waals surface area contributed by atoms with E-state index in [1.807, 2.05) is 0 Å². The molecule has 0 atom stereocenters. The Kier molecular flexibility index (Phi) is 4.79. The van der Waals surface area contributed by atoms with Crippen LogP contribution in [0.1, 0.15) is 6.92 Å². The average Bonchev–Trinajstić information content (AvgIpc) is 2.34. The van der Waals surface area contributed by atoms with Crippen LogP contribution < -0.4 is 4.74 Å². The number of hydrogen-bond donors (Lipinski definition) is 0. The lowest BCUT2D eigenvalue weighted by atomic mass is 10.2. The highest BCUT2D eigenvalue weighted by Gasteiger charge is 2.13. The first kappa shape index (κ1) is 13.6. The minimum Gasteiger partial charge on any atom is -0.496 e. The van der Waals surface area contributed by atoms with Gasteiger partial charge in [0.2, 0.25) is 0 Å². The quantitative estimate of drug-likeness (QED) is 0.345. The van der Waals surface area contributed by atoms with Crippen molar-refractivity contribution in [3.05, 3.63) is 28.3 Å². The van der Waals surface area contributed by atoms with Crippen molar-refractivity contribution in [2.75, 3.05) is 13.7 Å². The van der Waals surface area contributed by atoms with Gasteiger partial charge < -0.3 is 9.47 Å². The molecule has 0 aliphatic carbocycles. The lowest BCUT2D eigenvalue weighted by molar-refractivity contribution is -0.384. The normalized spacial score (nSPS) is 10.3. The third-order valence-electron chi connectivity index (χ3n) is 1.97. The van der Waals surface area contributed by atoms with Crippen LogP contribution in [0.4, 0.5) is 11.4 Å². The minimum atomic E-state index is -0.555. The van der Waals surface area contributed by atoms with Crippen molar-refractivity contribution in [1.29, 1.82) is 0 Å². The van der Waals surface area contributed by atoms with Crippen LogP contribution in [-0.4, -0.2) is 30.8 Å². The van der Waals surface area contributed by atoms with Crippen molar-refractivity contribution in [3.8, 4) is 5.75 Å². The lowest BCUT2D eigenvalue weighted by Gasteiger charge is -2.01. The molecule has 1 rings (SSSR count). The Hall–Kier alpha value is -2.44. The monoisotopic (exact) mass is 252 g/mol. The van der Waals surface area contributed by atoms with E-state index in [0.29, 0.717) is 5.75 Å². The number of nitro groups is 1. The zero-order chi connectivity index (χ0) is 13.5. The van der Waals surface area contributed by atoms with Crippen molar-refractivity contribution in [1.82, 2.24) is 0 Å². The molecule has 0 aromatic heterocycles. The maximum atomic E-state index is 10.8. The average molecular weight is 252 g/mol. The molecule has 1 aromatic carbocycles. The fourth-order valence-corrected chi connectivity index (χ4v) is 1.18. The topological polar surface area (TPSA) is 91.0 Å². The number of carbonyl (C=O) groups excluding carboxylic acids is 1. The SMILES string of the molecule is COc1ccc(N=CCOC(C)=O)c([N+](=O)[O-])c1. The molecule has 7 nitrogen and oxygen atoms in total. The fourth-order valence-electron chi connectivity index (χ4n) is 1.18. The Morgan fingerprint density at radius 3 is 2.83 bits per heavy atom. The third kappa shape index (κ3) is 3.85. The van der Waals surface area contributed by atoms with Crippen LogP contribution in [0.15, 0.2) is 23.2 Å². The van der Waals surface area contributed by atoms with Crippen LogP contribution in [0.5, 0.6) is 5.75 Å². The van der Waals surface area contributed by atoms with Crippen molar-refractivity contribution >= 4 is 23.6 Å². The molecule has 0 fully saturated rings. The molecule has 0 saturated heterocycles. The van der Waals surface area contributed by atoms with Crippen LogP contribution in [0.2, 0.25) is 0 Å². The van der Waals surface area contributed by atoms with E-state index in [9.17, 15) is 14.9 Å². The van der Waals surface area contributed by atoms with Crippen molar-refractivity contribution < 1.29 is 19.2 Å². The Morgan fingerprint density at radius 1 is 1.56 bits per heavy atom. The number of carbonyl (C=O) groups is 1. The van der Waals surface area contributed by atoms with Crippen LogP contribution in [0.3, 0.4) is 0 Å². The van der Waals surface area contributed by atoms with Crippen LogP contribution in [0.25, 0.3) is 0 Å². The Bertz CT molecular complexity index is 484. The first-order valence-electron chi connectivity index (χ1n) is 5.03. The lowest BCUT2D eigenvalue weighted by Crippen LogP contribution is -2.00. The highest BCUT2D eigenvalue weighted by atomic mass is 16.6. The van der Waals surface area contributed by atoms with Gasteiger partial charge in [-0.25, -0.2) is 0 Å². The molecule has 0 heterocycles. The molecule has 0 unspecified atom stereocenters. The number of nitrogens with zero attached hydrogens (tertiary/aromatic N) is 2. The van der Waals surface area contributed by atoms with Crippen LogP contribution >= 0.6 is 0 Å². The van der Waals surface area contributed by atoms with Crippen molar-refractivity contribution in [2.45, 2.75) is 6.92 Å². The predicted molar refractivity (Wildman–Crippen MR) is 64.4 cm³/mol. The largest absolute Gasteiger partial charge is 0.496 e. The number of hydrogen-bond acceptors (Lipinski definition) is 6. The standard InChI is InChI=1S/C11H12N2O5/c1-8(14)18-6-5-12-10-4-3-9(17-2)7-11(10)13(15)16/h3-5,7H,6H2,1-2H3. The Labute approximate surface area is 103 Å². The number of ether oxygens (including phenoxy) is 2. The van der Waals surface area contributed by atoms with Gasteiger partial charge in [0.05, 0.1) is 18.1 Å². The zero-order valence-electron chi connectivity index (χ0n) is 9.95. The molecule has 1 aromatic rings. The fraction of sp³-hybridized carbons (Fsp3) is 0.273. The molecule has 0 aliphatic rings. The second-order valence-electron chi connectivity index (χ2n) is 3.23. The molecule has 7 heteroatoms. The summed E-state index contributed by atoms with van der Waals surface area (Å²) >= 11 is 0. The highest BCUT2D eigenvalue weighted by Crippen LogP contribution is 2.30. The maximum absolute atomic E-state index is 10.8. The summed E-state index contributed by atoms with van der Waals surface area (Å²) in [7, 11) is 1.42. The van der Waals surface area contributed by atoms with Gasteiger partial charge in [-0.15, -0.1) is 0 Å². The Morgan fingerprint density at radius 2 is 2.28 bits per heavy atom. The van der Waals surface area contributed by atoms with Gasteiger partial charge >= 0.3 is 5.97 Å². The van der Waals surface area contributed by atoms with Gasteiger partial charge in [-0.3, -0.25) is 19.9 Å². The summed E-state index contributed by atoms with van der Waals surface area (Å²) in [5.41, 5.74) is 0.00128. The number of methoxy groups -OCH3 is 1. The van der Waals surface area contributed by atoms with Gasteiger partial charge in [-0.05, 0) is 12.1 Å². The molecular weight excluding hydrogens is 240 g/mol. The molecule has 0 radical (unpaired) electrons. The van der Waals surface area contributed by atoms with Gasteiger partial charge in [-0.1, -0.05) is 0 Å². The summed E-state index contributed by atoms with van der Waals surface area (Å²) in [4.78, 5) is 24.6.